The van der Waals surface area contributed by atoms with E-state index in [9.17, 15) is 9.59 Å². The van der Waals surface area contributed by atoms with Crippen LogP contribution in [0.5, 0.6) is 5.75 Å². The Morgan fingerprint density at radius 3 is 2.74 bits per heavy atom. The molecule has 0 saturated heterocycles. The number of amides is 1. The summed E-state index contributed by atoms with van der Waals surface area (Å²) in [6, 6.07) is 14.9. The molecule has 35 heavy (non-hydrogen) atoms. The lowest BCUT2D eigenvalue weighted by Gasteiger charge is -2.13. The van der Waals surface area contributed by atoms with Gasteiger partial charge in [-0.3, -0.25) is 14.3 Å². The molecule has 9 heteroatoms. The third kappa shape index (κ3) is 5.92. The van der Waals surface area contributed by atoms with Crippen LogP contribution in [0.15, 0.2) is 64.5 Å². The maximum atomic E-state index is 12.7. The molecule has 0 fully saturated rings. The number of carbonyl (C=O) groups is 1. The number of aryl methyl sites for hydroxylation is 1. The van der Waals surface area contributed by atoms with Gasteiger partial charge < -0.3 is 10.1 Å². The molecule has 4 aromatic rings. The number of rotatable bonds is 9. The Kier molecular flexibility index (Phi) is 7.55. The van der Waals surface area contributed by atoms with Crippen molar-refractivity contribution in [3.05, 3.63) is 82.0 Å². The third-order valence-corrected chi connectivity index (χ3v) is 6.60. The number of nitrogens with zero attached hydrogens (tertiary/aromatic N) is 4. The smallest absolute Gasteiger partial charge is 0.274 e. The fourth-order valence-corrected chi connectivity index (χ4v) is 4.54. The van der Waals surface area contributed by atoms with Gasteiger partial charge in [0.2, 0.25) is 0 Å². The Hall–Kier alpha value is -3.59. The molecule has 0 atom stereocenters. The number of para-hydroxylation sites is 1. The largest absolute Gasteiger partial charge is 0.483 e. The molecule has 0 bridgehead atoms. The summed E-state index contributed by atoms with van der Waals surface area (Å²) < 4.78 is 9.01. The first-order valence-electron chi connectivity index (χ1n) is 11.5. The van der Waals surface area contributed by atoms with Gasteiger partial charge in [0.1, 0.15) is 12.1 Å². The second-order valence-corrected chi connectivity index (χ2v) is 9.79. The third-order valence-electron chi connectivity index (χ3n) is 5.50. The van der Waals surface area contributed by atoms with E-state index < -0.39 is 0 Å². The molecule has 2 heterocycles. The summed E-state index contributed by atoms with van der Waals surface area (Å²) in [5.41, 5.74) is 3.29. The lowest BCUT2D eigenvalue weighted by atomic mass is 10.1. The van der Waals surface area contributed by atoms with E-state index in [1.54, 1.807) is 11.0 Å². The zero-order chi connectivity index (χ0) is 24.9. The van der Waals surface area contributed by atoms with E-state index in [0.717, 1.165) is 16.0 Å². The maximum absolute atomic E-state index is 12.7. The minimum Gasteiger partial charge on any atom is -0.483 e. The summed E-state index contributed by atoms with van der Waals surface area (Å²) in [7, 11) is 0. The maximum Gasteiger partial charge on any atom is 0.274 e. The molecule has 1 amide bonds. The minimum atomic E-state index is -0.243. The van der Waals surface area contributed by atoms with E-state index in [1.807, 2.05) is 56.3 Å². The first kappa shape index (κ1) is 24.5. The van der Waals surface area contributed by atoms with E-state index in [-0.39, 0.29) is 18.1 Å². The van der Waals surface area contributed by atoms with Crippen LogP contribution in [0.2, 0.25) is 0 Å². The molecule has 0 saturated carbocycles. The summed E-state index contributed by atoms with van der Waals surface area (Å²) in [4.78, 5) is 35.0. The SMILES string of the molecule is Cc1cccc(OCC(=O)Nc2ccccc2SCc2cc(=O)n3c(ncn3CC(C)C)n2)c1C. The number of hydrogen-bond donors (Lipinski definition) is 1. The van der Waals surface area contributed by atoms with E-state index in [2.05, 4.69) is 29.1 Å². The van der Waals surface area contributed by atoms with E-state index >= 15 is 0 Å². The lowest BCUT2D eigenvalue weighted by molar-refractivity contribution is -0.118. The van der Waals surface area contributed by atoms with Crippen LogP contribution in [0.4, 0.5) is 5.69 Å². The molecule has 0 radical (unpaired) electrons. The molecule has 0 aliphatic heterocycles. The Bertz CT molecular complexity index is 1410. The van der Waals surface area contributed by atoms with Crippen LogP contribution in [0, 0.1) is 19.8 Å². The topological polar surface area (TPSA) is 90.5 Å². The number of nitrogens with one attached hydrogen (secondary N) is 1. The molecule has 4 rings (SSSR count). The van der Waals surface area contributed by atoms with Crippen molar-refractivity contribution in [3.63, 3.8) is 0 Å². The fourth-order valence-electron chi connectivity index (χ4n) is 3.64. The highest BCUT2D eigenvalue weighted by Gasteiger charge is 2.12. The molecular weight excluding hydrogens is 462 g/mol. The van der Waals surface area contributed by atoms with Crippen molar-refractivity contribution in [3.8, 4) is 5.75 Å². The van der Waals surface area contributed by atoms with Gasteiger partial charge in [-0.1, -0.05) is 38.1 Å². The van der Waals surface area contributed by atoms with Crippen molar-refractivity contribution in [2.24, 2.45) is 5.92 Å². The molecule has 182 valence electrons. The van der Waals surface area contributed by atoms with Gasteiger partial charge in [-0.05, 0) is 49.1 Å². The molecule has 2 aromatic carbocycles. The Labute approximate surface area is 208 Å². The van der Waals surface area contributed by atoms with Crippen LogP contribution in [0.3, 0.4) is 0 Å². The first-order chi connectivity index (χ1) is 16.8. The van der Waals surface area contributed by atoms with Crippen LogP contribution in [0.25, 0.3) is 5.78 Å². The highest BCUT2D eigenvalue weighted by Crippen LogP contribution is 2.29. The lowest BCUT2D eigenvalue weighted by Crippen LogP contribution is -2.22. The van der Waals surface area contributed by atoms with Gasteiger partial charge in [0.15, 0.2) is 6.61 Å². The Morgan fingerprint density at radius 1 is 1.14 bits per heavy atom. The second kappa shape index (κ2) is 10.8. The normalized spacial score (nSPS) is 11.2. The summed E-state index contributed by atoms with van der Waals surface area (Å²) >= 11 is 1.49. The van der Waals surface area contributed by atoms with Gasteiger partial charge in [-0.25, -0.2) is 4.98 Å². The number of ether oxygens (including phenoxy) is 1. The highest BCUT2D eigenvalue weighted by molar-refractivity contribution is 7.98. The molecule has 2 aromatic heterocycles. The van der Waals surface area contributed by atoms with Crippen LogP contribution < -0.4 is 15.6 Å². The predicted molar refractivity (Wildman–Crippen MR) is 138 cm³/mol. The van der Waals surface area contributed by atoms with Crippen LogP contribution in [0.1, 0.15) is 30.7 Å². The van der Waals surface area contributed by atoms with Crippen LogP contribution in [-0.4, -0.2) is 31.7 Å². The molecular formula is C26H29N5O3S. The molecule has 0 unspecified atom stereocenters. The van der Waals surface area contributed by atoms with E-state index in [4.69, 9.17) is 4.74 Å². The number of thioether (sulfide) groups is 1. The molecule has 1 N–H and O–H groups in total. The number of hydrogen-bond acceptors (Lipinski definition) is 6. The summed E-state index contributed by atoms with van der Waals surface area (Å²) in [5, 5.41) is 2.93. The van der Waals surface area contributed by atoms with Crippen molar-refractivity contribution >= 4 is 29.1 Å². The van der Waals surface area contributed by atoms with Gasteiger partial charge >= 0.3 is 0 Å². The highest BCUT2D eigenvalue weighted by atomic mass is 32.2. The zero-order valence-electron chi connectivity index (χ0n) is 20.3. The monoisotopic (exact) mass is 491 g/mol. The van der Waals surface area contributed by atoms with Crippen molar-refractivity contribution < 1.29 is 9.53 Å². The van der Waals surface area contributed by atoms with Gasteiger partial charge in [0.25, 0.3) is 17.2 Å². The Morgan fingerprint density at radius 2 is 1.94 bits per heavy atom. The van der Waals surface area contributed by atoms with Crippen molar-refractivity contribution in [1.82, 2.24) is 19.2 Å². The molecule has 0 spiro atoms. The molecule has 8 nitrogen and oxygen atoms in total. The fraction of sp³-hybridized carbons (Fsp3) is 0.308. The second-order valence-electron chi connectivity index (χ2n) is 8.78. The van der Waals surface area contributed by atoms with Gasteiger partial charge in [0, 0.05) is 23.3 Å². The van der Waals surface area contributed by atoms with Crippen molar-refractivity contribution in [1.29, 1.82) is 0 Å². The van der Waals surface area contributed by atoms with Gasteiger partial charge in [-0.2, -0.15) is 9.50 Å². The number of fused-ring (bicyclic) bond motifs is 1. The average Bonchev–Trinajstić information content (AvgIpc) is 3.22. The number of carbonyl (C=O) groups excluding carboxylic acids is 1. The average molecular weight is 492 g/mol. The zero-order valence-corrected chi connectivity index (χ0v) is 21.1. The van der Waals surface area contributed by atoms with Crippen molar-refractivity contribution in [2.75, 3.05) is 11.9 Å². The predicted octanol–water partition coefficient (Wildman–Crippen LogP) is 4.47. The van der Waals surface area contributed by atoms with E-state index in [0.29, 0.717) is 41.1 Å². The summed E-state index contributed by atoms with van der Waals surface area (Å²) in [6.07, 6.45) is 1.64. The quantitative estimate of drug-likeness (QED) is 0.347. The minimum absolute atomic E-state index is 0.0860. The van der Waals surface area contributed by atoms with Crippen LogP contribution in [-0.2, 0) is 17.1 Å². The number of benzene rings is 2. The number of aromatic nitrogens is 4. The van der Waals surface area contributed by atoms with Gasteiger partial charge in [-0.15, -0.1) is 11.8 Å². The van der Waals surface area contributed by atoms with Crippen LogP contribution >= 0.6 is 11.8 Å². The van der Waals surface area contributed by atoms with Gasteiger partial charge in [0.05, 0.1) is 11.4 Å². The first-order valence-corrected chi connectivity index (χ1v) is 12.4. The summed E-state index contributed by atoms with van der Waals surface area (Å²) in [5.74, 6) is 1.69. The standard InChI is InChI=1S/C26H29N5O3S/c1-17(2)13-30-16-27-26-28-20(12-25(33)31(26)30)15-35-23-11-6-5-9-21(23)29-24(32)14-34-22-10-7-8-18(3)19(22)4/h5-12,16-17H,13-15H2,1-4H3,(H,29,32). The summed E-state index contributed by atoms with van der Waals surface area (Å²) in [6.45, 7) is 8.75. The Balaban J connectivity index is 1.42. The van der Waals surface area contributed by atoms with Crippen molar-refractivity contribution in [2.45, 2.75) is 44.9 Å². The van der Waals surface area contributed by atoms with E-state index in [1.165, 1.54) is 22.3 Å². The molecule has 0 aliphatic rings. The number of anilines is 1. The molecule has 0 aliphatic carbocycles.